The average Bonchev–Trinajstić information content (AvgIpc) is 3.88. The summed E-state index contributed by atoms with van der Waals surface area (Å²) in [6.45, 7) is 1.92. The van der Waals surface area contributed by atoms with Gasteiger partial charge < -0.3 is 40.6 Å². The number of nitrogens with two attached hydrogens (primary N) is 1. The number of phenols is 1. The zero-order valence-corrected chi connectivity index (χ0v) is 39.0. The first-order valence-corrected chi connectivity index (χ1v) is 23.5. The summed E-state index contributed by atoms with van der Waals surface area (Å²) in [6, 6.07) is 37.3. The van der Waals surface area contributed by atoms with Gasteiger partial charge in [-0.2, -0.15) is 0 Å². The quantitative estimate of drug-likeness (QED) is 0.0479. The van der Waals surface area contributed by atoms with E-state index in [-0.39, 0.29) is 29.2 Å². The van der Waals surface area contributed by atoms with Gasteiger partial charge in [0.15, 0.2) is 0 Å². The summed E-state index contributed by atoms with van der Waals surface area (Å²) >= 11 is 0. The molecule has 6 aromatic rings. The summed E-state index contributed by atoms with van der Waals surface area (Å²) in [6.07, 6.45) is -2.13. The van der Waals surface area contributed by atoms with Gasteiger partial charge in [0.05, 0.1) is 48.4 Å². The van der Waals surface area contributed by atoms with E-state index in [0.29, 0.717) is 59.8 Å². The molecule has 5 N–H and O–H groups in total. The molecule has 0 aliphatic carbocycles. The molecule has 4 heterocycles. The number of ether oxygens (including phenoxy) is 3. The van der Waals surface area contributed by atoms with E-state index >= 15 is 14.4 Å². The summed E-state index contributed by atoms with van der Waals surface area (Å²) in [5.74, 6) is 1.61. The molecule has 18 nitrogen and oxygen atoms in total. The number of urea groups is 1. The lowest BCUT2D eigenvalue weighted by atomic mass is 9.65. The van der Waals surface area contributed by atoms with E-state index in [2.05, 4.69) is 27.4 Å². The van der Waals surface area contributed by atoms with Crippen LogP contribution in [-0.2, 0) is 40.6 Å². The van der Waals surface area contributed by atoms with Crippen LogP contribution in [0.15, 0.2) is 152 Å². The number of anilines is 3. The third-order valence-corrected chi connectivity index (χ3v) is 13.7. The SMILES string of the molecule is NC(=O)NCC#Cc1ccc2c(c1)C1(C(=O)N2C(=O)OCc2ccc([N+](=O)[O-])cc2)C(C(=O)Nc2ccc(N3CCOCC3)cc2)C2C(=O)OC(c3ccccc3)C(c3ccccc3)N2C1c1ccc(O)cc1. The molecule has 4 aliphatic rings. The molecule has 0 bridgehead atoms. The number of morpholine rings is 2. The van der Waals surface area contributed by atoms with E-state index in [4.69, 9.17) is 19.9 Å². The van der Waals surface area contributed by atoms with Gasteiger partial charge in [0, 0.05) is 42.2 Å². The average molecular weight is 982 g/mol. The molecule has 3 saturated heterocycles. The van der Waals surface area contributed by atoms with Crippen LogP contribution in [0.1, 0.15) is 51.6 Å². The van der Waals surface area contributed by atoms with Crippen molar-refractivity contribution in [2.45, 2.75) is 36.3 Å². The molecule has 6 aromatic carbocycles. The zero-order valence-electron chi connectivity index (χ0n) is 39.0. The Morgan fingerprint density at radius 2 is 1.49 bits per heavy atom. The van der Waals surface area contributed by atoms with Gasteiger partial charge in [-0.3, -0.25) is 29.4 Å². The fraction of sp³-hybridized carbons (Fsp3) is 0.218. The second-order valence-corrected chi connectivity index (χ2v) is 17.9. The summed E-state index contributed by atoms with van der Waals surface area (Å²) < 4.78 is 17.9. The Morgan fingerprint density at radius 3 is 2.15 bits per heavy atom. The van der Waals surface area contributed by atoms with Crippen LogP contribution in [-0.4, -0.2) is 83.7 Å². The van der Waals surface area contributed by atoms with E-state index < -0.39 is 77.0 Å². The molecule has 0 saturated carbocycles. The number of fused-ring (bicyclic) bond motifs is 3. The van der Waals surface area contributed by atoms with Crippen LogP contribution in [0.4, 0.5) is 32.3 Å². The van der Waals surface area contributed by atoms with Gasteiger partial charge in [0.1, 0.15) is 29.9 Å². The van der Waals surface area contributed by atoms with Crippen molar-refractivity contribution < 1.29 is 48.2 Å². The maximum absolute atomic E-state index is 16.5. The molecular weight excluding hydrogens is 935 g/mol. The highest BCUT2D eigenvalue weighted by Crippen LogP contribution is 2.66. The number of imide groups is 1. The Labute approximate surface area is 418 Å². The molecule has 5 amide bonds. The van der Waals surface area contributed by atoms with Crippen LogP contribution < -0.4 is 26.2 Å². The molecule has 6 unspecified atom stereocenters. The van der Waals surface area contributed by atoms with Gasteiger partial charge in [-0.25, -0.2) is 14.5 Å². The van der Waals surface area contributed by atoms with Crippen LogP contribution in [0.2, 0.25) is 0 Å². The van der Waals surface area contributed by atoms with Crippen molar-refractivity contribution in [1.29, 1.82) is 0 Å². The van der Waals surface area contributed by atoms with Gasteiger partial charge in [-0.05, 0) is 94.5 Å². The Bertz CT molecular complexity index is 3160. The molecule has 6 atom stereocenters. The van der Waals surface area contributed by atoms with Gasteiger partial charge in [-0.1, -0.05) is 84.6 Å². The van der Waals surface area contributed by atoms with E-state index in [1.54, 1.807) is 36.4 Å². The predicted octanol–water partition coefficient (Wildman–Crippen LogP) is 6.80. The maximum atomic E-state index is 16.5. The van der Waals surface area contributed by atoms with Gasteiger partial charge in [0.2, 0.25) is 11.8 Å². The van der Waals surface area contributed by atoms with E-state index in [1.807, 2.05) is 77.7 Å². The number of carbonyl (C=O) groups excluding carboxylic acids is 5. The number of benzene rings is 6. The first-order chi connectivity index (χ1) is 35.4. The third kappa shape index (κ3) is 8.92. The Morgan fingerprint density at radius 1 is 0.822 bits per heavy atom. The largest absolute Gasteiger partial charge is 0.508 e. The van der Waals surface area contributed by atoms with E-state index in [9.17, 15) is 24.8 Å². The minimum Gasteiger partial charge on any atom is -0.508 e. The predicted molar refractivity (Wildman–Crippen MR) is 266 cm³/mol. The highest BCUT2D eigenvalue weighted by molar-refractivity contribution is 6.24. The molecule has 0 radical (unpaired) electrons. The number of nitro benzene ring substituents is 1. The summed E-state index contributed by atoms with van der Waals surface area (Å²) in [7, 11) is 0. The Balaban J connectivity index is 1.20. The van der Waals surface area contributed by atoms with Gasteiger partial charge in [0.25, 0.3) is 5.69 Å². The number of phenolic OH excluding ortho intramolecular Hbond substituents is 1. The number of amides is 5. The Kier molecular flexibility index (Phi) is 13.0. The van der Waals surface area contributed by atoms with Crippen LogP contribution in [0.25, 0.3) is 0 Å². The van der Waals surface area contributed by atoms with Crippen molar-refractivity contribution in [3.63, 3.8) is 0 Å². The van der Waals surface area contributed by atoms with Crippen molar-refractivity contribution in [3.8, 4) is 17.6 Å². The Hall–Kier alpha value is -9.05. The minimum atomic E-state index is -2.19. The number of cyclic esters (lactones) is 1. The molecule has 0 aromatic heterocycles. The summed E-state index contributed by atoms with van der Waals surface area (Å²) in [5.41, 5.74) is 6.78. The van der Waals surface area contributed by atoms with Gasteiger partial charge in [-0.15, -0.1) is 0 Å². The summed E-state index contributed by atoms with van der Waals surface area (Å²) in [5, 5.41) is 27.7. The molecule has 10 rings (SSSR count). The fourth-order valence-electron chi connectivity index (χ4n) is 10.6. The topological polar surface area (TPSA) is 236 Å². The van der Waals surface area contributed by atoms with E-state index in [1.165, 1.54) is 42.5 Å². The van der Waals surface area contributed by atoms with Crippen LogP contribution in [0, 0.1) is 27.9 Å². The molecule has 3 fully saturated rings. The zero-order chi connectivity index (χ0) is 50.8. The van der Waals surface area contributed by atoms with Crippen molar-refractivity contribution in [1.82, 2.24) is 10.2 Å². The van der Waals surface area contributed by atoms with Crippen molar-refractivity contribution in [3.05, 3.63) is 195 Å². The number of non-ortho nitro benzene ring substituents is 1. The van der Waals surface area contributed by atoms with Crippen molar-refractivity contribution in [2.75, 3.05) is 48.0 Å². The molecular formula is C55H47N7O11. The second kappa shape index (κ2) is 20.0. The van der Waals surface area contributed by atoms with Crippen LogP contribution >= 0.6 is 0 Å². The van der Waals surface area contributed by atoms with Crippen molar-refractivity contribution >= 4 is 52.7 Å². The van der Waals surface area contributed by atoms with E-state index in [0.717, 1.165) is 10.6 Å². The monoisotopic (exact) mass is 981 g/mol. The normalized spacial score (nSPS) is 22.1. The first kappa shape index (κ1) is 47.6. The highest BCUT2D eigenvalue weighted by Gasteiger charge is 2.75. The van der Waals surface area contributed by atoms with Crippen LogP contribution in [0.3, 0.4) is 0 Å². The second-order valence-electron chi connectivity index (χ2n) is 17.9. The molecule has 73 heavy (non-hydrogen) atoms. The number of hydrogen-bond donors (Lipinski definition) is 4. The smallest absolute Gasteiger partial charge is 0.421 e. The number of primary amides is 1. The molecule has 18 heteroatoms. The lowest BCUT2D eigenvalue weighted by Crippen LogP contribution is -2.54. The van der Waals surface area contributed by atoms with Crippen LogP contribution in [0.5, 0.6) is 5.75 Å². The standard InChI is InChI=1S/C55H47N7O11/c56-53(67)57-27-7-8-34-15-26-44-43(32-34)55(52(66)60(44)54(68)72-33-35-13-20-41(21-14-35)62(69)70)45(50(64)58-39-18-22-40(23-19-39)59-28-30-71-31-29-59)47-51(65)73-48(37-11-5-2-6-12-37)46(36-9-3-1-4-10-36)61(47)49(55)38-16-24-42(63)25-17-38/h1-6,9-26,32,45-49,63H,27-31,33H2,(H,58,64)(H3,56,57,67). The number of aromatic hydroxyl groups is 1. The number of nitrogens with zero attached hydrogens (tertiary/aromatic N) is 4. The minimum absolute atomic E-state index is 0.0278. The summed E-state index contributed by atoms with van der Waals surface area (Å²) in [4.78, 5) is 90.0. The number of esters is 1. The van der Waals surface area contributed by atoms with Gasteiger partial charge >= 0.3 is 18.1 Å². The first-order valence-electron chi connectivity index (χ1n) is 23.5. The maximum Gasteiger partial charge on any atom is 0.421 e. The fourth-order valence-corrected chi connectivity index (χ4v) is 10.6. The number of carbonyl (C=O) groups is 5. The lowest BCUT2D eigenvalue weighted by Gasteiger charge is -2.46. The van der Waals surface area contributed by atoms with Crippen molar-refractivity contribution in [2.24, 2.45) is 11.7 Å². The number of hydrogen-bond acceptors (Lipinski definition) is 13. The molecule has 368 valence electrons. The number of nitrogens with one attached hydrogen (secondary N) is 2. The molecule has 4 aliphatic heterocycles. The molecule has 1 spiro atoms. The number of rotatable bonds is 10. The third-order valence-electron chi connectivity index (χ3n) is 13.7. The lowest BCUT2D eigenvalue weighted by molar-refractivity contribution is -0.384. The number of nitro groups is 1. The highest BCUT2D eigenvalue weighted by atomic mass is 16.6.